The van der Waals surface area contributed by atoms with Crippen LogP contribution >= 0.6 is 39.3 Å². The van der Waals surface area contributed by atoms with Gasteiger partial charge in [0.1, 0.15) is 6.04 Å². The molecule has 1 aromatic rings. The highest BCUT2D eigenvalue weighted by atomic mass is 79.9. The summed E-state index contributed by atoms with van der Waals surface area (Å²) < 4.78 is 10.3. The number of aliphatic carboxylic acids is 1. The van der Waals surface area contributed by atoms with Crippen LogP contribution in [0.3, 0.4) is 0 Å². The van der Waals surface area contributed by atoms with Crippen LogP contribution in [0.5, 0.6) is 5.75 Å². The second-order valence-corrected chi connectivity index (χ2v) is 7.73. The van der Waals surface area contributed by atoms with E-state index >= 15 is 0 Å². The molecule has 0 radical (unpaired) electrons. The number of imide groups is 1. The van der Waals surface area contributed by atoms with Gasteiger partial charge in [0.05, 0.1) is 21.0 Å². The molecule has 0 aromatic heterocycles. The van der Waals surface area contributed by atoms with Gasteiger partial charge >= 0.3 is 11.9 Å². The molecular weight excluding hydrogens is 478 g/mol. The Kier molecular flexibility index (Phi) is 7.50. The first-order valence-electron chi connectivity index (χ1n) is 7.93. The summed E-state index contributed by atoms with van der Waals surface area (Å²) in [5, 5.41) is 8.24. The number of hydrogen-bond acceptors (Lipinski definition) is 7. The van der Waals surface area contributed by atoms with Gasteiger partial charge in [0, 0.05) is 0 Å². The number of thioether (sulfide) groups is 1. The van der Waals surface area contributed by atoms with Crippen LogP contribution < -0.4 is 4.74 Å². The fourth-order valence-corrected chi connectivity index (χ4v) is 4.17. The van der Waals surface area contributed by atoms with Gasteiger partial charge in [-0.05, 0) is 65.3 Å². The summed E-state index contributed by atoms with van der Waals surface area (Å²) in [6, 6.07) is 1.98. The average molecular weight is 493 g/mol. The molecule has 1 aliphatic heterocycles. The number of carbonyl (C=O) groups is 4. The maximum Gasteiger partial charge on any atom is 0.341 e. The lowest BCUT2D eigenvalue weighted by Crippen LogP contribution is -2.42. The molecule has 1 fully saturated rings. The molecule has 1 N–H and O–H groups in total. The lowest BCUT2D eigenvalue weighted by molar-refractivity contribution is -0.150. The van der Waals surface area contributed by atoms with Crippen molar-refractivity contribution in [2.75, 3.05) is 13.2 Å². The molecule has 0 bridgehead atoms. The maximum atomic E-state index is 12.6. The van der Waals surface area contributed by atoms with E-state index in [0.717, 1.165) is 4.90 Å². The zero-order chi connectivity index (χ0) is 21.0. The number of ether oxygens (including phenoxy) is 2. The van der Waals surface area contributed by atoms with E-state index < -0.39 is 35.7 Å². The van der Waals surface area contributed by atoms with Gasteiger partial charge in [-0.1, -0.05) is 11.6 Å². The van der Waals surface area contributed by atoms with E-state index in [4.69, 9.17) is 26.2 Å². The molecule has 8 nitrogen and oxygen atoms in total. The van der Waals surface area contributed by atoms with E-state index in [0.29, 0.717) is 21.8 Å². The van der Waals surface area contributed by atoms with Crippen LogP contribution in [-0.2, 0) is 19.1 Å². The summed E-state index contributed by atoms with van der Waals surface area (Å²) in [6.07, 6.45) is 1.44. The molecule has 1 aliphatic rings. The van der Waals surface area contributed by atoms with E-state index in [9.17, 15) is 19.2 Å². The first-order chi connectivity index (χ1) is 13.1. The van der Waals surface area contributed by atoms with Crippen LogP contribution in [0.15, 0.2) is 21.5 Å². The minimum absolute atomic E-state index is 0.114. The van der Waals surface area contributed by atoms with Gasteiger partial charge < -0.3 is 14.6 Å². The Morgan fingerprint density at radius 1 is 1.39 bits per heavy atom. The maximum absolute atomic E-state index is 12.6. The third-order valence-corrected chi connectivity index (χ3v) is 5.25. The quantitative estimate of drug-likeness (QED) is 0.454. The molecule has 1 heterocycles. The molecule has 2 rings (SSSR count). The number of benzene rings is 1. The lowest BCUT2D eigenvalue weighted by Gasteiger charge is -2.19. The number of rotatable bonds is 7. The predicted octanol–water partition coefficient (Wildman–Crippen LogP) is 3.55. The van der Waals surface area contributed by atoms with Crippen molar-refractivity contribution in [3.63, 3.8) is 0 Å². The Morgan fingerprint density at radius 2 is 2.07 bits per heavy atom. The average Bonchev–Trinajstić information content (AvgIpc) is 2.87. The first kappa shape index (κ1) is 22.3. The fourth-order valence-electron chi connectivity index (χ4n) is 2.27. The van der Waals surface area contributed by atoms with Crippen LogP contribution in [0, 0.1) is 0 Å². The highest BCUT2D eigenvalue weighted by Crippen LogP contribution is 2.38. The SMILES string of the molecule is CCOC(=O)C(C)N1C(=O)SC(=Cc2cc(Cl)c(OCC(=O)O)c(Br)c2)C1=O. The number of nitrogens with zero attached hydrogens (tertiary/aromatic N) is 1. The molecule has 0 saturated carbocycles. The minimum Gasteiger partial charge on any atom is -0.479 e. The van der Waals surface area contributed by atoms with Gasteiger partial charge in [-0.3, -0.25) is 14.5 Å². The Balaban J connectivity index is 2.26. The van der Waals surface area contributed by atoms with Crippen molar-refractivity contribution in [3.05, 3.63) is 32.1 Å². The normalized spacial score (nSPS) is 16.4. The highest BCUT2D eigenvalue weighted by molar-refractivity contribution is 9.10. The van der Waals surface area contributed by atoms with Crippen LogP contribution in [0.25, 0.3) is 6.08 Å². The molecular formula is C17H15BrClNO7S. The summed E-state index contributed by atoms with van der Waals surface area (Å²) in [4.78, 5) is 48.2. The van der Waals surface area contributed by atoms with Crippen molar-refractivity contribution in [2.24, 2.45) is 0 Å². The van der Waals surface area contributed by atoms with Gasteiger partial charge in [0.15, 0.2) is 12.4 Å². The summed E-state index contributed by atoms with van der Waals surface area (Å²) >= 11 is 10.0. The minimum atomic E-state index is -1.16. The molecule has 28 heavy (non-hydrogen) atoms. The van der Waals surface area contributed by atoms with Crippen LogP contribution in [0.4, 0.5) is 4.79 Å². The molecule has 1 aromatic carbocycles. The van der Waals surface area contributed by atoms with Crippen LogP contribution in [-0.4, -0.2) is 52.3 Å². The number of carboxylic acid groups (broad SMARTS) is 1. The Hall–Kier alpha value is -2.04. The third kappa shape index (κ3) is 5.06. The van der Waals surface area contributed by atoms with Crippen molar-refractivity contribution in [2.45, 2.75) is 19.9 Å². The number of hydrogen-bond donors (Lipinski definition) is 1. The monoisotopic (exact) mass is 491 g/mol. The molecule has 0 aliphatic carbocycles. The molecule has 1 atom stereocenters. The Labute approximate surface area is 177 Å². The number of amides is 2. The van der Waals surface area contributed by atoms with Crippen molar-refractivity contribution in [1.82, 2.24) is 4.90 Å². The third-order valence-electron chi connectivity index (χ3n) is 3.50. The van der Waals surface area contributed by atoms with Crippen molar-refractivity contribution < 1.29 is 33.8 Å². The number of halogens is 2. The van der Waals surface area contributed by atoms with E-state index in [2.05, 4.69) is 15.9 Å². The molecule has 1 saturated heterocycles. The zero-order valence-electron chi connectivity index (χ0n) is 14.7. The van der Waals surface area contributed by atoms with Crippen molar-refractivity contribution in [1.29, 1.82) is 0 Å². The van der Waals surface area contributed by atoms with Crippen molar-refractivity contribution in [3.8, 4) is 5.75 Å². The summed E-state index contributed by atoms with van der Waals surface area (Å²) in [5.74, 6) is -2.30. The predicted molar refractivity (Wildman–Crippen MR) is 106 cm³/mol. The second kappa shape index (κ2) is 9.44. The van der Waals surface area contributed by atoms with Gasteiger partial charge in [0.2, 0.25) is 0 Å². The summed E-state index contributed by atoms with van der Waals surface area (Å²) in [5.41, 5.74) is 0.480. The van der Waals surface area contributed by atoms with Gasteiger partial charge in [0.25, 0.3) is 11.1 Å². The van der Waals surface area contributed by atoms with E-state index in [1.54, 1.807) is 13.0 Å². The topological polar surface area (TPSA) is 110 Å². The number of esters is 1. The Morgan fingerprint density at radius 3 is 2.64 bits per heavy atom. The first-order valence-corrected chi connectivity index (χ1v) is 9.91. The molecule has 150 valence electrons. The summed E-state index contributed by atoms with van der Waals surface area (Å²) in [6.45, 7) is 2.61. The molecule has 11 heteroatoms. The van der Waals surface area contributed by atoms with E-state index in [1.807, 2.05) is 0 Å². The van der Waals surface area contributed by atoms with Gasteiger partial charge in [-0.25, -0.2) is 9.59 Å². The molecule has 0 spiro atoms. The smallest absolute Gasteiger partial charge is 0.341 e. The number of carbonyl (C=O) groups excluding carboxylic acids is 3. The zero-order valence-corrected chi connectivity index (χ0v) is 17.9. The largest absolute Gasteiger partial charge is 0.479 e. The van der Waals surface area contributed by atoms with Gasteiger partial charge in [-0.15, -0.1) is 0 Å². The lowest BCUT2D eigenvalue weighted by atomic mass is 10.2. The highest BCUT2D eigenvalue weighted by Gasteiger charge is 2.41. The second-order valence-electron chi connectivity index (χ2n) is 5.48. The van der Waals surface area contributed by atoms with Crippen LogP contribution in [0.2, 0.25) is 5.02 Å². The van der Waals surface area contributed by atoms with E-state index in [-0.39, 0.29) is 22.3 Å². The van der Waals surface area contributed by atoms with Crippen LogP contribution in [0.1, 0.15) is 19.4 Å². The summed E-state index contributed by atoms with van der Waals surface area (Å²) in [7, 11) is 0. The standard InChI is InChI=1S/C17H15BrClNO7S/c1-3-26-16(24)8(2)20-15(23)12(28-17(20)25)6-9-4-10(18)14(11(19)5-9)27-7-13(21)22/h4-6,8H,3,7H2,1-2H3,(H,21,22). The van der Waals surface area contributed by atoms with Gasteiger partial charge in [-0.2, -0.15) is 0 Å². The van der Waals surface area contributed by atoms with E-state index in [1.165, 1.54) is 19.1 Å². The molecule has 1 unspecified atom stereocenters. The molecule has 2 amide bonds. The van der Waals surface area contributed by atoms with Crippen molar-refractivity contribution >= 4 is 68.5 Å². The number of carboxylic acids is 1. The Bertz CT molecular complexity index is 850. The fraction of sp³-hybridized carbons (Fsp3) is 0.294.